The average molecular weight is 386 g/mol. The van der Waals surface area contributed by atoms with E-state index in [-0.39, 0.29) is 10.6 Å². The van der Waals surface area contributed by atoms with Gasteiger partial charge in [-0.2, -0.15) is 0 Å². The zero-order valence-corrected chi connectivity index (χ0v) is 14.1. The summed E-state index contributed by atoms with van der Waals surface area (Å²) in [7, 11) is 0. The zero-order valence-electron chi connectivity index (χ0n) is 10.9. The van der Waals surface area contributed by atoms with Crippen LogP contribution in [0.4, 0.5) is 4.39 Å². The Morgan fingerprint density at radius 2 is 1.84 bits per heavy atom. The maximum absolute atomic E-state index is 13.2. The van der Waals surface area contributed by atoms with Crippen LogP contribution in [0.5, 0.6) is 0 Å². The number of rotatable bonds is 3. The van der Waals surface area contributed by atoms with Crippen LogP contribution < -0.4 is 0 Å². The summed E-state index contributed by atoms with van der Waals surface area (Å²) < 4.78 is 13.8. The lowest BCUT2D eigenvalue weighted by Crippen LogP contribution is -1.98. The second-order valence-electron chi connectivity index (χ2n) is 4.78. The molecule has 2 aromatic carbocycles. The molecule has 1 atom stereocenters. The van der Waals surface area contributed by atoms with Crippen molar-refractivity contribution in [2.24, 2.45) is 0 Å². The molecule has 1 unspecified atom stereocenters. The molecule has 0 nitrogen and oxygen atoms in total. The fourth-order valence-corrected chi connectivity index (χ4v) is 3.07. The van der Waals surface area contributed by atoms with E-state index in [0.29, 0.717) is 4.47 Å². The maximum atomic E-state index is 13.2. The summed E-state index contributed by atoms with van der Waals surface area (Å²) in [6, 6.07) is 11.6. The molecule has 0 heterocycles. The van der Waals surface area contributed by atoms with E-state index < -0.39 is 0 Å². The van der Waals surface area contributed by atoms with Gasteiger partial charge in [0.1, 0.15) is 5.82 Å². The summed E-state index contributed by atoms with van der Waals surface area (Å²) in [5, 5.41) is 0. The summed E-state index contributed by atoms with van der Waals surface area (Å²) in [6.45, 7) is 4.22. The molecule has 0 aliphatic carbocycles. The van der Waals surface area contributed by atoms with Gasteiger partial charge >= 0.3 is 0 Å². The zero-order chi connectivity index (χ0) is 14.0. The van der Waals surface area contributed by atoms with Crippen LogP contribution in [0, 0.1) is 19.7 Å². The van der Waals surface area contributed by atoms with Crippen molar-refractivity contribution in [1.82, 2.24) is 0 Å². The van der Waals surface area contributed by atoms with Gasteiger partial charge in [0.25, 0.3) is 0 Å². The normalized spacial score (nSPS) is 12.5. The Balaban J connectivity index is 2.22. The molecule has 0 saturated heterocycles. The average Bonchev–Trinajstić information content (AvgIpc) is 2.37. The van der Waals surface area contributed by atoms with Crippen molar-refractivity contribution in [2.45, 2.75) is 25.1 Å². The third kappa shape index (κ3) is 3.67. The summed E-state index contributed by atoms with van der Waals surface area (Å²) in [5.74, 6) is -0.227. The molecule has 0 N–H and O–H groups in total. The molecule has 0 amide bonds. The first kappa shape index (κ1) is 14.7. The van der Waals surface area contributed by atoms with Gasteiger partial charge in [-0.1, -0.05) is 45.8 Å². The second-order valence-corrected chi connectivity index (χ2v) is 6.73. The van der Waals surface area contributed by atoms with Crippen LogP contribution in [-0.4, -0.2) is 0 Å². The molecular formula is C16H15Br2F. The van der Waals surface area contributed by atoms with Crippen LogP contribution in [0.3, 0.4) is 0 Å². The number of benzene rings is 2. The molecule has 0 saturated carbocycles. The molecule has 0 radical (unpaired) electrons. The summed E-state index contributed by atoms with van der Waals surface area (Å²) in [5.41, 5.74) is 4.95. The molecule has 2 rings (SSSR count). The van der Waals surface area contributed by atoms with Gasteiger partial charge in [0, 0.05) is 4.83 Å². The summed E-state index contributed by atoms with van der Waals surface area (Å²) >= 11 is 6.93. The Bertz CT molecular complexity index is 593. The van der Waals surface area contributed by atoms with E-state index in [1.807, 2.05) is 12.1 Å². The van der Waals surface area contributed by atoms with Crippen molar-refractivity contribution in [1.29, 1.82) is 0 Å². The minimum absolute atomic E-state index is 0.185. The largest absolute Gasteiger partial charge is 0.206 e. The second kappa shape index (κ2) is 6.19. The smallest absolute Gasteiger partial charge is 0.137 e. The lowest BCUT2D eigenvalue weighted by molar-refractivity contribution is 0.620. The Morgan fingerprint density at radius 1 is 1.11 bits per heavy atom. The molecule has 0 aromatic heterocycles. The predicted molar refractivity (Wildman–Crippen MR) is 85.4 cm³/mol. The van der Waals surface area contributed by atoms with Crippen LogP contribution in [0.1, 0.15) is 27.1 Å². The highest BCUT2D eigenvalue weighted by molar-refractivity contribution is 9.10. The first-order valence-electron chi connectivity index (χ1n) is 6.12. The highest BCUT2D eigenvalue weighted by atomic mass is 79.9. The molecule has 3 heteroatoms. The molecule has 2 aromatic rings. The highest BCUT2D eigenvalue weighted by Crippen LogP contribution is 2.31. The van der Waals surface area contributed by atoms with E-state index in [9.17, 15) is 4.39 Å². The van der Waals surface area contributed by atoms with E-state index in [2.05, 4.69) is 63.9 Å². The molecular weight excluding hydrogens is 371 g/mol. The van der Waals surface area contributed by atoms with Gasteiger partial charge < -0.3 is 0 Å². The molecule has 0 aliphatic rings. The van der Waals surface area contributed by atoms with E-state index in [0.717, 1.165) is 12.0 Å². The fourth-order valence-electron chi connectivity index (χ4n) is 2.04. The quantitative estimate of drug-likeness (QED) is 0.578. The van der Waals surface area contributed by atoms with Gasteiger partial charge in [-0.05, 0) is 65.0 Å². The summed E-state index contributed by atoms with van der Waals surface area (Å²) in [4.78, 5) is 0.185. The van der Waals surface area contributed by atoms with E-state index in [1.54, 1.807) is 0 Å². The van der Waals surface area contributed by atoms with Crippen molar-refractivity contribution >= 4 is 31.9 Å². The van der Waals surface area contributed by atoms with Crippen LogP contribution in [0.15, 0.2) is 40.9 Å². The molecule has 0 bridgehead atoms. The SMILES string of the molecule is Cc1ccc(C)c(CC(Br)c2ccc(F)c(Br)c2)c1. The first-order valence-corrected chi connectivity index (χ1v) is 7.83. The first-order chi connectivity index (χ1) is 8.97. The number of hydrogen-bond acceptors (Lipinski definition) is 0. The Labute approximate surface area is 130 Å². The maximum Gasteiger partial charge on any atom is 0.137 e. The van der Waals surface area contributed by atoms with Gasteiger partial charge in [0.2, 0.25) is 0 Å². The van der Waals surface area contributed by atoms with Crippen LogP contribution in [0.2, 0.25) is 0 Å². The monoisotopic (exact) mass is 384 g/mol. The van der Waals surface area contributed by atoms with Crippen LogP contribution in [-0.2, 0) is 6.42 Å². The third-order valence-electron chi connectivity index (χ3n) is 3.21. The van der Waals surface area contributed by atoms with Crippen LogP contribution >= 0.6 is 31.9 Å². The van der Waals surface area contributed by atoms with Crippen molar-refractivity contribution in [3.63, 3.8) is 0 Å². The summed E-state index contributed by atoms with van der Waals surface area (Å²) in [6.07, 6.45) is 0.894. The minimum atomic E-state index is -0.227. The number of aryl methyl sites for hydroxylation is 2. The van der Waals surface area contributed by atoms with E-state index in [1.165, 1.54) is 22.8 Å². The molecule has 0 fully saturated rings. The lowest BCUT2D eigenvalue weighted by atomic mass is 9.99. The van der Waals surface area contributed by atoms with Crippen LogP contribution in [0.25, 0.3) is 0 Å². The topological polar surface area (TPSA) is 0 Å². The van der Waals surface area contributed by atoms with Gasteiger partial charge in [0.05, 0.1) is 4.47 Å². The van der Waals surface area contributed by atoms with Gasteiger partial charge in [0.15, 0.2) is 0 Å². The predicted octanol–water partition coefficient (Wildman–Crippen LogP) is 5.88. The Hall–Kier alpha value is -0.670. The number of halogens is 3. The van der Waals surface area contributed by atoms with Gasteiger partial charge in [-0.3, -0.25) is 0 Å². The molecule has 0 spiro atoms. The number of hydrogen-bond donors (Lipinski definition) is 0. The lowest BCUT2D eigenvalue weighted by Gasteiger charge is -2.13. The fraction of sp³-hybridized carbons (Fsp3) is 0.250. The molecule has 100 valence electrons. The van der Waals surface area contributed by atoms with Gasteiger partial charge in [-0.15, -0.1) is 0 Å². The minimum Gasteiger partial charge on any atom is -0.206 e. The Morgan fingerprint density at radius 3 is 2.53 bits per heavy atom. The molecule has 19 heavy (non-hydrogen) atoms. The Kier molecular flexibility index (Phi) is 4.80. The standard InChI is InChI=1S/C16H15Br2F/c1-10-3-4-11(2)13(7-10)9-14(17)12-5-6-16(19)15(18)8-12/h3-8,14H,9H2,1-2H3. The van der Waals surface area contributed by atoms with Crippen molar-refractivity contribution in [2.75, 3.05) is 0 Å². The van der Waals surface area contributed by atoms with E-state index in [4.69, 9.17) is 0 Å². The van der Waals surface area contributed by atoms with Crippen molar-refractivity contribution in [3.05, 3.63) is 68.9 Å². The van der Waals surface area contributed by atoms with E-state index >= 15 is 0 Å². The third-order valence-corrected chi connectivity index (χ3v) is 4.67. The van der Waals surface area contributed by atoms with Crippen molar-refractivity contribution in [3.8, 4) is 0 Å². The van der Waals surface area contributed by atoms with Gasteiger partial charge in [-0.25, -0.2) is 4.39 Å². The highest BCUT2D eigenvalue weighted by Gasteiger charge is 2.12. The van der Waals surface area contributed by atoms with Crippen molar-refractivity contribution < 1.29 is 4.39 Å². The molecule has 0 aliphatic heterocycles. The number of alkyl halides is 1.